The molecule has 0 saturated heterocycles. The number of hydrogen-bond acceptors (Lipinski definition) is 4. The number of anilines is 1. The van der Waals surface area contributed by atoms with Gasteiger partial charge in [0.05, 0.1) is 5.52 Å². The minimum absolute atomic E-state index is 0.195. The second kappa shape index (κ2) is 6.89. The van der Waals surface area contributed by atoms with Gasteiger partial charge in [-0.25, -0.2) is 14.4 Å². The highest BCUT2D eigenvalue weighted by Gasteiger charge is 2.17. The Morgan fingerprint density at radius 3 is 2.68 bits per heavy atom. The summed E-state index contributed by atoms with van der Waals surface area (Å²) in [6, 6.07) is 3.72. The van der Waals surface area contributed by atoms with Crippen LogP contribution in [0.3, 0.4) is 0 Å². The quantitative estimate of drug-likeness (QED) is 0.507. The fraction of sp³-hybridized carbons (Fsp3) is 0.381. The van der Waals surface area contributed by atoms with Crippen molar-refractivity contribution in [1.29, 1.82) is 0 Å². The summed E-state index contributed by atoms with van der Waals surface area (Å²) < 4.78 is 16.9. The molecule has 0 radical (unpaired) electrons. The Labute approximate surface area is 163 Å². The summed E-state index contributed by atoms with van der Waals surface area (Å²) in [5.74, 6) is 1.58. The normalized spacial score (nSPS) is 12.0. The Morgan fingerprint density at radius 2 is 1.96 bits per heavy atom. The van der Waals surface area contributed by atoms with E-state index in [9.17, 15) is 4.39 Å². The van der Waals surface area contributed by atoms with E-state index in [-0.39, 0.29) is 11.9 Å². The van der Waals surface area contributed by atoms with E-state index < -0.39 is 0 Å². The van der Waals surface area contributed by atoms with Crippen LogP contribution in [0.2, 0.25) is 0 Å². The number of nitrogens with one attached hydrogen (secondary N) is 2. The number of imidazole rings is 1. The van der Waals surface area contributed by atoms with Crippen LogP contribution in [0.15, 0.2) is 24.5 Å². The van der Waals surface area contributed by atoms with Crippen molar-refractivity contribution in [2.45, 2.75) is 40.7 Å². The summed E-state index contributed by atoms with van der Waals surface area (Å²) in [5.41, 5.74) is 3.59. The van der Waals surface area contributed by atoms with Crippen LogP contribution in [-0.4, -0.2) is 31.0 Å². The minimum Gasteiger partial charge on any atom is -0.354 e. The standard InChI is InChI=1S/C21H25FN6/c1-11(2)8-24-21-25-10-16-15(9-23-20(16)27-21)14-6-17(22)19-18(7-14)28(12(3)4)13(5)26-19/h6-7,9-12H,8H2,1-5H3,(H2,23,24,25,27). The lowest BCUT2D eigenvalue weighted by molar-refractivity contribution is 0.600. The van der Waals surface area contributed by atoms with Crippen LogP contribution in [0, 0.1) is 18.7 Å². The number of hydrogen-bond donors (Lipinski definition) is 2. The van der Waals surface area contributed by atoms with Gasteiger partial charge in [-0.05, 0) is 44.4 Å². The van der Waals surface area contributed by atoms with E-state index in [0.29, 0.717) is 17.4 Å². The number of nitrogens with zero attached hydrogens (tertiary/aromatic N) is 4. The summed E-state index contributed by atoms with van der Waals surface area (Å²) in [6.45, 7) is 11.1. The van der Waals surface area contributed by atoms with Crippen LogP contribution in [0.1, 0.15) is 39.6 Å². The molecule has 0 amide bonds. The molecule has 28 heavy (non-hydrogen) atoms. The summed E-state index contributed by atoms with van der Waals surface area (Å²) in [5, 5.41) is 4.09. The van der Waals surface area contributed by atoms with Crippen LogP contribution < -0.4 is 5.32 Å². The summed E-state index contributed by atoms with van der Waals surface area (Å²) in [6.07, 6.45) is 3.64. The topological polar surface area (TPSA) is 71.4 Å². The molecule has 0 atom stereocenters. The molecule has 146 valence electrons. The van der Waals surface area contributed by atoms with Gasteiger partial charge in [0.15, 0.2) is 5.82 Å². The molecular formula is C21H25FN6. The molecule has 7 heteroatoms. The largest absolute Gasteiger partial charge is 0.354 e. The first-order valence-corrected chi connectivity index (χ1v) is 9.61. The lowest BCUT2D eigenvalue weighted by Gasteiger charge is -2.11. The predicted octanol–water partition coefficient (Wildman–Crippen LogP) is 5.07. The van der Waals surface area contributed by atoms with Gasteiger partial charge in [0.1, 0.15) is 17.0 Å². The van der Waals surface area contributed by atoms with Crippen molar-refractivity contribution in [1.82, 2.24) is 24.5 Å². The molecule has 3 aromatic heterocycles. The lowest BCUT2D eigenvalue weighted by Crippen LogP contribution is -2.10. The van der Waals surface area contributed by atoms with E-state index in [1.165, 1.54) is 6.07 Å². The first-order valence-electron chi connectivity index (χ1n) is 9.61. The van der Waals surface area contributed by atoms with Gasteiger partial charge in [-0.1, -0.05) is 13.8 Å². The molecule has 1 aromatic carbocycles. The number of rotatable bonds is 5. The minimum atomic E-state index is -0.319. The van der Waals surface area contributed by atoms with E-state index in [1.807, 2.05) is 19.2 Å². The SMILES string of the molecule is Cc1nc2c(F)cc(-c3c[nH]c4nc(NCC(C)C)ncc34)cc2n1C(C)C. The van der Waals surface area contributed by atoms with E-state index in [4.69, 9.17) is 0 Å². The van der Waals surface area contributed by atoms with Crippen molar-refractivity contribution in [3.63, 3.8) is 0 Å². The Kier molecular flexibility index (Phi) is 4.53. The number of halogens is 1. The molecule has 0 spiro atoms. The second-order valence-corrected chi connectivity index (χ2v) is 7.88. The summed E-state index contributed by atoms with van der Waals surface area (Å²) >= 11 is 0. The Morgan fingerprint density at radius 1 is 1.18 bits per heavy atom. The van der Waals surface area contributed by atoms with Gasteiger partial charge in [0.25, 0.3) is 0 Å². The average molecular weight is 380 g/mol. The predicted molar refractivity (Wildman–Crippen MR) is 111 cm³/mol. The van der Waals surface area contributed by atoms with E-state index in [2.05, 4.69) is 57.5 Å². The third-order valence-electron chi connectivity index (χ3n) is 4.85. The number of fused-ring (bicyclic) bond motifs is 2. The molecule has 4 rings (SSSR count). The van der Waals surface area contributed by atoms with Crippen LogP contribution in [0.4, 0.5) is 10.3 Å². The van der Waals surface area contributed by atoms with Crippen molar-refractivity contribution < 1.29 is 4.39 Å². The monoisotopic (exact) mass is 380 g/mol. The average Bonchev–Trinajstić information content (AvgIpc) is 3.20. The highest BCUT2D eigenvalue weighted by molar-refractivity contribution is 5.96. The third kappa shape index (κ3) is 3.10. The second-order valence-electron chi connectivity index (χ2n) is 7.88. The van der Waals surface area contributed by atoms with E-state index in [0.717, 1.165) is 40.0 Å². The van der Waals surface area contributed by atoms with Crippen molar-refractivity contribution in [3.8, 4) is 11.1 Å². The zero-order chi connectivity index (χ0) is 20.0. The molecule has 4 aromatic rings. The zero-order valence-electron chi connectivity index (χ0n) is 16.8. The van der Waals surface area contributed by atoms with E-state index in [1.54, 1.807) is 6.20 Å². The number of H-pyrrole nitrogens is 1. The number of aromatic nitrogens is 5. The van der Waals surface area contributed by atoms with Gasteiger partial charge in [-0.15, -0.1) is 0 Å². The molecule has 0 saturated carbocycles. The van der Waals surface area contributed by atoms with Gasteiger partial charge in [-0.2, -0.15) is 4.98 Å². The van der Waals surface area contributed by atoms with Crippen LogP contribution >= 0.6 is 0 Å². The molecule has 0 fully saturated rings. The Hall–Kier alpha value is -2.96. The summed E-state index contributed by atoms with van der Waals surface area (Å²) in [4.78, 5) is 16.6. The van der Waals surface area contributed by atoms with Crippen molar-refractivity contribution >= 4 is 28.0 Å². The maximum Gasteiger partial charge on any atom is 0.224 e. The molecule has 0 aliphatic rings. The molecule has 0 unspecified atom stereocenters. The number of aromatic amines is 1. The molecule has 6 nitrogen and oxygen atoms in total. The third-order valence-corrected chi connectivity index (χ3v) is 4.85. The van der Waals surface area contributed by atoms with Gasteiger partial charge < -0.3 is 14.9 Å². The highest BCUT2D eigenvalue weighted by atomic mass is 19.1. The first kappa shape index (κ1) is 18.4. The molecule has 0 aliphatic heterocycles. The highest BCUT2D eigenvalue weighted by Crippen LogP contribution is 2.33. The number of benzene rings is 1. The Balaban J connectivity index is 1.81. The molecule has 3 heterocycles. The first-order chi connectivity index (χ1) is 13.3. The Bertz CT molecular complexity index is 1150. The summed E-state index contributed by atoms with van der Waals surface area (Å²) in [7, 11) is 0. The molecule has 0 aliphatic carbocycles. The van der Waals surface area contributed by atoms with Gasteiger partial charge in [0, 0.05) is 35.9 Å². The molecule has 0 bridgehead atoms. The maximum atomic E-state index is 14.8. The zero-order valence-corrected chi connectivity index (χ0v) is 16.8. The number of aryl methyl sites for hydroxylation is 1. The van der Waals surface area contributed by atoms with E-state index >= 15 is 0 Å². The van der Waals surface area contributed by atoms with Crippen LogP contribution in [-0.2, 0) is 0 Å². The van der Waals surface area contributed by atoms with Crippen molar-refractivity contribution in [2.24, 2.45) is 5.92 Å². The fourth-order valence-corrected chi connectivity index (χ4v) is 3.60. The van der Waals surface area contributed by atoms with Crippen molar-refractivity contribution in [3.05, 3.63) is 36.2 Å². The van der Waals surface area contributed by atoms with Crippen LogP contribution in [0.25, 0.3) is 33.2 Å². The van der Waals surface area contributed by atoms with Gasteiger partial charge >= 0.3 is 0 Å². The smallest absolute Gasteiger partial charge is 0.224 e. The lowest BCUT2D eigenvalue weighted by atomic mass is 10.1. The van der Waals surface area contributed by atoms with Crippen LogP contribution in [0.5, 0.6) is 0 Å². The van der Waals surface area contributed by atoms with Crippen molar-refractivity contribution in [2.75, 3.05) is 11.9 Å². The van der Waals surface area contributed by atoms with Gasteiger partial charge in [-0.3, -0.25) is 0 Å². The fourth-order valence-electron chi connectivity index (χ4n) is 3.60. The van der Waals surface area contributed by atoms with Gasteiger partial charge in [0.2, 0.25) is 5.95 Å². The molecule has 2 N–H and O–H groups in total. The molecular weight excluding hydrogens is 355 g/mol. The maximum absolute atomic E-state index is 14.8.